The first-order chi connectivity index (χ1) is 12.6. The van der Waals surface area contributed by atoms with Gasteiger partial charge >= 0.3 is 11.9 Å². The molecule has 27 heavy (non-hydrogen) atoms. The largest absolute Gasteiger partial charge is 0.423 e. The van der Waals surface area contributed by atoms with Crippen LogP contribution in [0.4, 0.5) is 0 Å². The molecule has 2 aromatic rings. The minimum Gasteiger partial charge on any atom is -0.423 e. The molecule has 0 saturated carbocycles. The predicted octanol–water partition coefficient (Wildman–Crippen LogP) is 3.47. The van der Waals surface area contributed by atoms with E-state index >= 15 is 0 Å². The molecule has 0 unspecified atom stereocenters. The summed E-state index contributed by atoms with van der Waals surface area (Å²) in [6, 6.07) is 15.2. The van der Waals surface area contributed by atoms with E-state index < -0.39 is 20.0 Å². The average Bonchev–Trinajstić information content (AvgIpc) is 2.62. The third kappa shape index (κ3) is 5.05. The van der Waals surface area contributed by atoms with Crippen LogP contribution >= 0.6 is 0 Å². The maximum atomic E-state index is 11.6. The summed E-state index contributed by atoms with van der Waals surface area (Å²) in [5, 5.41) is 2.40. The van der Waals surface area contributed by atoms with E-state index in [1.54, 1.807) is 38.1 Å². The average molecular weight is 381 g/mol. The first kappa shape index (κ1) is 20.4. The van der Waals surface area contributed by atoms with Crippen LogP contribution in [0.1, 0.15) is 13.8 Å². The minimum atomic E-state index is -1.94. The van der Waals surface area contributed by atoms with Crippen LogP contribution in [-0.4, -0.2) is 20.0 Å². The van der Waals surface area contributed by atoms with Crippen LogP contribution in [-0.2, 0) is 9.59 Å². The van der Waals surface area contributed by atoms with Gasteiger partial charge in [0, 0.05) is 11.1 Å². The summed E-state index contributed by atoms with van der Waals surface area (Å²) in [6.07, 6.45) is 0. The number of esters is 2. The highest BCUT2D eigenvalue weighted by Crippen LogP contribution is 2.15. The lowest BCUT2D eigenvalue weighted by molar-refractivity contribution is -0.130. The Morgan fingerprint density at radius 2 is 1.00 bits per heavy atom. The van der Waals surface area contributed by atoms with Gasteiger partial charge in [0.15, 0.2) is 0 Å². The molecule has 4 nitrogen and oxygen atoms in total. The Morgan fingerprint density at radius 3 is 1.26 bits per heavy atom. The minimum absolute atomic E-state index is 0.362. The van der Waals surface area contributed by atoms with Gasteiger partial charge in [0.25, 0.3) is 0 Å². The van der Waals surface area contributed by atoms with Gasteiger partial charge in [0.2, 0.25) is 0 Å². The number of rotatable bonds is 6. The Balaban J connectivity index is 2.17. The van der Waals surface area contributed by atoms with Crippen molar-refractivity contribution in [2.45, 2.75) is 26.9 Å². The zero-order valence-corrected chi connectivity index (χ0v) is 17.2. The lowest BCUT2D eigenvalue weighted by Crippen LogP contribution is -2.52. The summed E-state index contributed by atoms with van der Waals surface area (Å²) < 4.78 is 10.5. The summed E-state index contributed by atoms with van der Waals surface area (Å²) in [4.78, 5) is 23.2. The van der Waals surface area contributed by atoms with Gasteiger partial charge in [-0.15, -0.1) is 0 Å². The molecular formula is C22H24O4Si. The molecule has 0 spiro atoms. The van der Waals surface area contributed by atoms with Crippen molar-refractivity contribution in [2.75, 3.05) is 0 Å². The van der Waals surface area contributed by atoms with Crippen molar-refractivity contribution in [1.29, 1.82) is 0 Å². The summed E-state index contributed by atoms with van der Waals surface area (Å²) in [5.41, 5.74) is 0.724. The highest BCUT2D eigenvalue weighted by molar-refractivity contribution is 7.00. The van der Waals surface area contributed by atoms with E-state index in [-0.39, 0.29) is 0 Å². The number of hydrogen-bond donors (Lipinski definition) is 0. The van der Waals surface area contributed by atoms with Crippen LogP contribution in [0, 0.1) is 0 Å². The summed E-state index contributed by atoms with van der Waals surface area (Å²) in [5.74, 6) is 0.135. The second-order valence-electron chi connectivity index (χ2n) is 7.01. The maximum Gasteiger partial charge on any atom is 0.338 e. The molecule has 0 aliphatic carbocycles. The van der Waals surface area contributed by atoms with Crippen LogP contribution in [0.2, 0.25) is 13.1 Å². The van der Waals surface area contributed by atoms with E-state index in [2.05, 4.69) is 26.3 Å². The molecule has 5 heteroatoms. The van der Waals surface area contributed by atoms with E-state index in [1.165, 1.54) is 10.4 Å². The van der Waals surface area contributed by atoms with Gasteiger partial charge in [-0.3, -0.25) is 0 Å². The Morgan fingerprint density at radius 1 is 0.704 bits per heavy atom. The van der Waals surface area contributed by atoms with Crippen molar-refractivity contribution in [1.82, 2.24) is 0 Å². The van der Waals surface area contributed by atoms with Crippen LogP contribution in [0.5, 0.6) is 11.5 Å². The predicted molar refractivity (Wildman–Crippen MR) is 111 cm³/mol. The molecule has 0 amide bonds. The van der Waals surface area contributed by atoms with Crippen molar-refractivity contribution in [2.24, 2.45) is 0 Å². The van der Waals surface area contributed by atoms with Gasteiger partial charge in [0.05, 0.1) is 0 Å². The maximum absolute atomic E-state index is 11.6. The highest BCUT2D eigenvalue weighted by Gasteiger charge is 2.26. The molecule has 2 rings (SSSR count). The highest BCUT2D eigenvalue weighted by atomic mass is 28.3. The Bertz CT molecular complexity index is 804. The molecule has 2 aromatic carbocycles. The van der Waals surface area contributed by atoms with Gasteiger partial charge in [-0.05, 0) is 38.1 Å². The first-order valence-corrected chi connectivity index (χ1v) is 11.6. The number of ether oxygens (including phenoxy) is 2. The van der Waals surface area contributed by atoms with E-state index in [9.17, 15) is 9.59 Å². The molecule has 0 aliphatic rings. The Hall–Kier alpha value is -2.92. The Labute approximate surface area is 161 Å². The molecule has 0 atom stereocenters. The fraction of sp³-hybridized carbons (Fsp3) is 0.182. The van der Waals surface area contributed by atoms with Gasteiger partial charge in [-0.25, -0.2) is 9.59 Å². The molecule has 0 aliphatic heterocycles. The molecule has 0 N–H and O–H groups in total. The topological polar surface area (TPSA) is 52.6 Å². The van der Waals surface area contributed by atoms with Crippen LogP contribution in [0.15, 0.2) is 72.8 Å². The van der Waals surface area contributed by atoms with Gasteiger partial charge in [-0.2, -0.15) is 0 Å². The monoisotopic (exact) mass is 380 g/mol. The van der Waals surface area contributed by atoms with Gasteiger partial charge in [-0.1, -0.05) is 60.9 Å². The molecular weight excluding hydrogens is 356 g/mol. The lowest BCUT2D eigenvalue weighted by atomic mass is 10.3. The fourth-order valence-electron chi connectivity index (χ4n) is 2.43. The van der Waals surface area contributed by atoms with E-state index in [4.69, 9.17) is 9.47 Å². The SMILES string of the molecule is C=C(C)C(=O)Oc1ccc([Si](C)(C)c2ccc(OC(=O)C(=C)C)cc2)cc1. The molecule has 0 bridgehead atoms. The summed E-state index contributed by atoms with van der Waals surface area (Å²) in [7, 11) is -1.94. The number of carbonyl (C=O) groups excluding carboxylic acids is 2. The van der Waals surface area contributed by atoms with E-state index in [0.717, 1.165) is 0 Å². The Kier molecular flexibility index (Phi) is 6.18. The molecule has 0 heterocycles. The smallest absolute Gasteiger partial charge is 0.338 e. The normalized spacial score (nSPS) is 10.8. The second-order valence-corrected chi connectivity index (χ2v) is 11.4. The van der Waals surface area contributed by atoms with Crippen molar-refractivity contribution < 1.29 is 19.1 Å². The molecule has 0 radical (unpaired) electrons. The lowest BCUT2D eigenvalue weighted by Gasteiger charge is -2.24. The summed E-state index contributed by atoms with van der Waals surface area (Å²) in [6.45, 7) is 14.9. The zero-order valence-electron chi connectivity index (χ0n) is 16.2. The van der Waals surface area contributed by atoms with E-state index in [0.29, 0.717) is 22.6 Å². The van der Waals surface area contributed by atoms with Crippen molar-refractivity contribution in [3.05, 3.63) is 72.8 Å². The van der Waals surface area contributed by atoms with Crippen LogP contribution in [0.3, 0.4) is 0 Å². The fourth-order valence-corrected chi connectivity index (χ4v) is 4.77. The second kappa shape index (κ2) is 8.18. The molecule has 0 fully saturated rings. The first-order valence-electron chi connectivity index (χ1n) is 8.57. The number of carbonyl (C=O) groups is 2. The van der Waals surface area contributed by atoms with E-state index in [1.807, 2.05) is 24.3 Å². The summed E-state index contributed by atoms with van der Waals surface area (Å²) >= 11 is 0. The number of benzene rings is 2. The molecule has 0 saturated heterocycles. The molecule has 140 valence electrons. The quantitative estimate of drug-likeness (QED) is 0.333. The van der Waals surface area contributed by atoms with Crippen LogP contribution in [0.25, 0.3) is 0 Å². The number of hydrogen-bond acceptors (Lipinski definition) is 4. The standard InChI is InChI=1S/C22H24O4Si/c1-15(2)21(23)25-17-7-11-19(12-8-17)27(5,6)20-13-9-18(10-14-20)26-22(24)16(3)4/h7-14H,1,3H2,2,4-6H3. The van der Waals surface area contributed by atoms with Gasteiger partial charge < -0.3 is 9.47 Å². The zero-order chi connectivity index (χ0) is 20.2. The molecule has 0 aromatic heterocycles. The third-order valence-corrected chi connectivity index (χ3v) is 7.82. The van der Waals surface area contributed by atoms with Crippen molar-refractivity contribution >= 4 is 30.4 Å². The van der Waals surface area contributed by atoms with Crippen molar-refractivity contribution in [3.8, 4) is 11.5 Å². The third-order valence-electron chi connectivity index (χ3n) is 4.27. The van der Waals surface area contributed by atoms with Gasteiger partial charge in [0.1, 0.15) is 19.6 Å². The van der Waals surface area contributed by atoms with Crippen LogP contribution < -0.4 is 19.8 Å². The van der Waals surface area contributed by atoms with Crippen molar-refractivity contribution in [3.63, 3.8) is 0 Å².